The third kappa shape index (κ3) is 6.65. The molecule has 0 spiro atoms. The molecule has 0 bridgehead atoms. The standard InChI is InChI=1S/C26H35N5O3/c1-17-9-10-22(20(4)15-17)27-26(34)29-25(33)21(5)31-13-11-30(12-14-31)16-23(32)28-24-18(2)7-6-8-19(24)3/h6-10,15,21H,11-14,16H2,1-5H3,(H,28,32)(H2,27,29,33,34). The lowest BCUT2D eigenvalue weighted by Crippen LogP contribution is -2.55. The normalized spacial score (nSPS) is 15.4. The quantitative estimate of drug-likeness (QED) is 0.609. The number of hydrogen-bond acceptors (Lipinski definition) is 5. The lowest BCUT2D eigenvalue weighted by atomic mass is 10.1. The first-order valence-electron chi connectivity index (χ1n) is 11.7. The van der Waals surface area contributed by atoms with Crippen LogP contribution in [-0.2, 0) is 9.59 Å². The van der Waals surface area contributed by atoms with E-state index in [0.29, 0.717) is 38.4 Å². The van der Waals surface area contributed by atoms with Gasteiger partial charge in [0.05, 0.1) is 12.6 Å². The number of rotatable bonds is 6. The molecule has 0 saturated carbocycles. The zero-order valence-corrected chi connectivity index (χ0v) is 20.7. The van der Waals surface area contributed by atoms with Crippen molar-refractivity contribution in [3.8, 4) is 0 Å². The molecule has 1 atom stereocenters. The van der Waals surface area contributed by atoms with Crippen LogP contribution in [0.1, 0.15) is 29.2 Å². The van der Waals surface area contributed by atoms with E-state index >= 15 is 0 Å². The molecule has 4 amide bonds. The predicted octanol–water partition coefficient (Wildman–Crippen LogP) is 3.21. The molecule has 0 aromatic heterocycles. The van der Waals surface area contributed by atoms with Gasteiger partial charge in [-0.05, 0) is 57.4 Å². The van der Waals surface area contributed by atoms with Crippen LogP contribution < -0.4 is 16.0 Å². The number of piperazine rings is 1. The van der Waals surface area contributed by atoms with Crippen molar-refractivity contribution in [2.45, 2.75) is 40.7 Å². The van der Waals surface area contributed by atoms with Gasteiger partial charge < -0.3 is 10.6 Å². The van der Waals surface area contributed by atoms with E-state index in [0.717, 1.165) is 27.9 Å². The van der Waals surface area contributed by atoms with Gasteiger partial charge in [-0.1, -0.05) is 35.9 Å². The molecule has 0 radical (unpaired) electrons. The first-order valence-corrected chi connectivity index (χ1v) is 11.7. The second-order valence-corrected chi connectivity index (χ2v) is 9.06. The van der Waals surface area contributed by atoms with Crippen LogP contribution >= 0.6 is 0 Å². The number of carbonyl (C=O) groups is 3. The molecular formula is C26H35N5O3. The van der Waals surface area contributed by atoms with Gasteiger partial charge in [-0.3, -0.25) is 24.7 Å². The van der Waals surface area contributed by atoms with Crippen LogP contribution in [0.5, 0.6) is 0 Å². The van der Waals surface area contributed by atoms with E-state index in [1.807, 2.05) is 69.0 Å². The fourth-order valence-corrected chi connectivity index (χ4v) is 4.19. The molecule has 1 heterocycles. The monoisotopic (exact) mass is 465 g/mol. The van der Waals surface area contributed by atoms with Crippen LogP contribution in [0.15, 0.2) is 36.4 Å². The van der Waals surface area contributed by atoms with Crippen molar-refractivity contribution in [2.24, 2.45) is 0 Å². The number of carbonyl (C=O) groups excluding carboxylic acids is 3. The van der Waals surface area contributed by atoms with Crippen LogP contribution in [-0.4, -0.2) is 66.4 Å². The Labute approximate surface area is 201 Å². The first-order chi connectivity index (χ1) is 16.1. The molecular weight excluding hydrogens is 430 g/mol. The van der Waals surface area contributed by atoms with Gasteiger partial charge in [0, 0.05) is 37.6 Å². The van der Waals surface area contributed by atoms with E-state index in [2.05, 4.69) is 20.9 Å². The Bertz CT molecular complexity index is 1040. The molecule has 182 valence electrons. The molecule has 8 heteroatoms. The van der Waals surface area contributed by atoms with Gasteiger partial charge in [-0.2, -0.15) is 0 Å². The van der Waals surface area contributed by atoms with E-state index < -0.39 is 12.1 Å². The maximum atomic E-state index is 12.6. The highest BCUT2D eigenvalue weighted by Gasteiger charge is 2.27. The predicted molar refractivity (Wildman–Crippen MR) is 135 cm³/mol. The Kier molecular flexibility index (Phi) is 8.41. The largest absolute Gasteiger partial charge is 0.325 e. The SMILES string of the molecule is Cc1ccc(NC(=O)NC(=O)C(C)N2CCN(CC(=O)Nc3c(C)cccc3C)CC2)c(C)c1. The van der Waals surface area contributed by atoms with E-state index in [1.54, 1.807) is 6.92 Å². The Morgan fingerprint density at radius 1 is 0.882 bits per heavy atom. The second-order valence-electron chi connectivity index (χ2n) is 9.06. The third-order valence-corrected chi connectivity index (χ3v) is 6.31. The summed E-state index contributed by atoms with van der Waals surface area (Å²) in [6.45, 7) is 12.6. The topological polar surface area (TPSA) is 93.8 Å². The number of nitrogens with one attached hydrogen (secondary N) is 3. The fraction of sp³-hybridized carbons (Fsp3) is 0.423. The zero-order chi connectivity index (χ0) is 24.8. The molecule has 3 rings (SSSR count). The van der Waals surface area contributed by atoms with E-state index in [-0.39, 0.29) is 11.8 Å². The molecule has 1 aliphatic rings. The van der Waals surface area contributed by atoms with Crippen LogP contribution in [0.4, 0.5) is 16.2 Å². The summed E-state index contributed by atoms with van der Waals surface area (Å²) in [6.07, 6.45) is 0. The van der Waals surface area contributed by atoms with Gasteiger partial charge in [0.25, 0.3) is 0 Å². The van der Waals surface area contributed by atoms with Crippen molar-refractivity contribution in [3.05, 3.63) is 58.7 Å². The van der Waals surface area contributed by atoms with Gasteiger partial charge >= 0.3 is 6.03 Å². The number of nitrogens with zero attached hydrogens (tertiary/aromatic N) is 2. The third-order valence-electron chi connectivity index (χ3n) is 6.31. The van der Waals surface area contributed by atoms with Gasteiger partial charge in [0.2, 0.25) is 11.8 Å². The van der Waals surface area contributed by atoms with Crippen molar-refractivity contribution in [2.75, 3.05) is 43.4 Å². The first kappa shape index (κ1) is 25.4. The summed E-state index contributed by atoms with van der Waals surface area (Å²) >= 11 is 0. The molecule has 2 aromatic carbocycles. The number of benzene rings is 2. The minimum atomic E-state index is -0.536. The van der Waals surface area contributed by atoms with Crippen LogP contribution in [0, 0.1) is 27.7 Å². The van der Waals surface area contributed by atoms with E-state index in [1.165, 1.54) is 0 Å². The average Bonchev–Trinajstić information content (AvgIpc) is 2.78. The summed E-state index contributed by atoms with van der Waals surface area (Å²) in [6, 6.07) is 10.7. The van der Waals surface area contributed by atoms with Crippen molar-refractivity contribution >= 4 is 29.2 Å². The molecule has 8 nitrogen and oxygen atoms in total. The lowest BCUT2D eigenvalue weighted by molar-refractivity contribution is -0.126. The number of amides is 4. The summed E-state index contributed by atoms with van der Waals surface area (Å²) in [7, 11) is 0. The number of imide groups is 1. The minimum Gasteiger partial charge on any atom is -0.324 e. The number of hydrogen-bond donors (Lipinski definition) is 3. The Morgan fingerprint density at radius 2 is 1.53 bits per heavy atom. The summed E-state index contributed by atoms with van der Waals surface area (Å²) in [5.41, 5.74) is 5.68. The molecule has 1 unspecified atom stereocenters. The average molecular weight is 466 g/mol. The summed E-state index contributed by atoms with van der Waals surface area (Å²) in [5.74, 6) is -0.386. The molecule has 1 aliphatic heterocycles. The second kappa shape index (κ2) is 11.3. The molecule has 0 aliphatic carbocycles. The number of aryl methyl sites for hydroxylation is 4. The fourth-order valence-electron chi connectivity index (χ4n) is 4.19. The smallest absolute Gasteiger partial charge is 0.324 e. The van der Waals surface area contributed by atoms with Crippen LogP contribution in [0.25, 0.3) is 0 Å². The summed E-state index contributed by atoms with van der Waals surface area (Å²) < 4.78 is 0. The molecule has 1 fully saturated rings. The highest BCUT2D eigenvalue weighted by atomic mass is 16.2. The molecule has 1 saturated heterocycles. The Balaban J connectivity index is 1.44. The molecule has 2 aromatic rings. The Hall–Kier alpha value is -3.23. The maximum Gasteiger partial charge on any atom is 0.325 e. The highest BCUT2D eigenvalue weighted by molar-refractivity contribution is 6.03. The lowest BCUT2D eigenvalue weighted by Gasteiger charge is -2.37. The van der Waals surface area contributed by atoms with E-state index in [9.17, 15) is 14.4 Å². The highest BCUT2D eigenvalue weighted by Crippen LogP contribution is 2.19. The van der Waals surface area contributed by atoms with Crippen molar-refractivity contribution < 1.29 is 14.4 Å². The van der Waals surface area contributed by atoms with Gasteiger partial charge in [0.15, 0.2) is 0 Å². The van der Waals surface area contributed by atoms with Crippen molar-refractivity contribution in [3.63, 3.8) is 0 Å². The Morgan fingerprint density at radius 3 is 2.15 bits per heavy atom. The molecule has 3 N–H and O–H groups in total. The summed E-state index contributed by atoms with van der Waals surface area (Å²) in [4.78, 5) is 41.6. The number of para-hydroxylation sites is 1. The van der Waals surface area contributed by atoms with Crippen LogP contribution in [0.2, 0.25) is 0 Å². The van der Waals surface area contributed by atoms with Crippen LogP contribution in [0.3, 0.4) is 0 Å². The van der Waals surface area contributed by atoms with Crippen molar-refractivity contribution in [1.29, 1.82) is 0 Å². The van der Waals surface area contributed by atoms with Gasteiger partial charge in [-0.25, -0.2) is 4.79 Å². The van der Waals surface area contributed by atoms with E-state index in [4.69, 9.17) is 0 Å². The summed E-state index contributed by atoms with van der Waals surface area (Å²) in [5, 5.41) is 8.20. The van der Waals surface area contributed by atoms with Gasteiger partial charge in [0.1, 0.15) is 0 Å². The minimum absolute atomic E-state index is 0.0419. The maximum absolute atomic E-state index is 12.6. The number of anilines is 2. The van der Waals surface area contributed by atoms with Gasteiger partial charge in [-0.15, -0.1) is 0 Å². The van der Waals surface area contributed by atoms with Crippen molar-refractivity contribution in [1.82, 2.24) is 15.1 Å². The number of urea groups is 1. The zero-order valence-electron chi connectivity index (χ0n) is 20.7. The molecule has 34 heavy (non-hydrogen) atoms.